The first-order valence-electron chi connectivity index (χ1n) is 7.34. The number of urea groups is 1. The zero-order valence-electron chi connectivity index (χ0n) is 12.6. The number of carboxylic acid groups (broad SMARTS) is 1. The summed E-state index contributed by atoms with van der Waals surface area (Å²) in [6.45, 7) is 3.26. The van der Waals surface area contributed by atoms with Crippen LogP contribution in [-0.4, -0.2) is 42.1 Å². The van der Waals surface area contributed by atoms with Gasteiger partial charge in [-0.1, -0.05) is 19.1 Å². The molecule has 2 rings (SSSR count). The van der Waals surface area contributed by atoms with Crippen LogP contribution in [0.15, 0.2) is 24.3 Å². The second kappa shape index (κ2) is 6.61. The van der Waals surface area contributed by atoms with Crippen molar-refractivity contribution in [2.24, 2.45) is 5.92 Å². The molecule has 1 fully saturated rings. The fourth-order valence-corrected chi connectivity index (χ4v) is 2.70. The molecule has 1 aliphatic heterocycles. The van der Waals surface area contributed by atoms with Crippen molar-refractivity contribution in [1.82, 2.24) is 4.90 Å². The number of hydrogen-bond donors (Lipinski definition) is 1. The van der Waals surface area contributed by atoms with Crippen LogP contribution in [0.5, 0.6) is 0 Å². The molecule has 0 aromatic heterocycles. The van der Waals surface area contributed by atoms with Crippen LogP contribution in [0, 0.1) is 5.92 Å². The number of hydrogen-bond acceptors (Lipinski definition) is 2. The van der Waals surface area contributed by atoms with E-state index in [0.29, 0.717) is 13.1 Å². The summed E-state index contributed by atoms with van der Waals surface area (Å²) >= 11 is 0. The van der Waals surface area contributed by atoms with Crippen LogP contribution in [0.2, 0.25) is 0 Å². The van der Waals surface area contributed by atoms with Gasteiger partial charge in [-0.05, 0) is 36.5 Å². The number of likely N-dealkylation sites (tertiary alicyclic amines) is 1. The molecule has 2 amide bonds. The van der Waals surface area contributed by atoms with Gasteiger partial charge in [0.15, 0.2) is 0 Å². The van der Waals surface area contributed by atoms with E-state index in [4.69, 9.17) is 5.11 Å². The summed E-state index contributed by atoms with van der Waals surface area (Å²) in [4.78, 5) is 26.5. The van der Waals surface area contributed by atoms with Crippen molar-refractivity contribution in [2.75, 3.05) is 25.0 Å². The standard InChI is InChI=1S/C16H22N2O3/c1-3-12-4-6-14(7-5-12)17(2)16(21)18-9-8-13(11-18)10-15(19)20/h4-7,13H,3,8-11H2,1-2H3,(H,19,20). The van der Waals surface area contributed by atoms with Gasteiger partial charge < -0.3 is 10.0 Å². The van der Waals surface area contributed by atoms with Crippen LogP contribution in [0.25, 0.3) is 0 Å². The summed E-state index contributed by atoms with van der Waals surface area (Å²) in [5, 5.41) is 8.82. The van der Waals surface area contributed by atoms with Gasteiger partial charge in [0.1, 0.15) is 0 Å². The average Bonchev–Trinajstić information content (AvgIpc) is 2.93. The number of amides is 2. The minimum Gasteiger partial charge on any atom is -0.481 e. The van der Waals surface area contributed by atoms with Crippen LogP contribution >= 0.6 is 0 Å². The molecule has 1 heterocycles. The minimum absolute atomic E-state index is 0.0628. The van der Waals surface area contributed by atoms with Gasteiger partial charge in [-0.2, -0.15) is 0 Å². The number of carboxylic acids is 1. The Hall–Kier alpha value is -2.04. The molecule has 5 nitrogen and oxygen atoms in total. The highest BCUT2D eigenvalue weighted by atomic mass is 16.4. The largest absolute Gasteiger partial charge is 0.481 e. The molecule has 0 aliphatic carbocycles. The summed E-state index contributed by atoms with van der Waals surface area (Å²) in [6, 6.07) is 7.88. The number of nitrogens with zero attached hydrogens (tertiary/aromatic N) is 2. The molecule has 5 heteroatoms. The van der Waals surface area contributed by atoms with Crippen molar-refractivity contribution in [3.63, 3.8) is 0 Å². The van der Waals surface area contributed by atoms with Gasteiger partial charge in [0.25, 0.3) is 0 Å². The Kier molecular flexibility index (Phi) is 4.83. The molecule has 1 atom stereocenters. The molecule has 1 aromatic rings. The van der Waals surface area contributed by atoms with E-state index in [-0.39, 0.29) is 18.4 Å². The van der Waals surface area contributed by atoms with Crippen LogP contribution in [0.1, 0.15) is 25.3 Å². The highest BCUT2D eigenvalue weighted by molar-refractivity contribution is 5.91. The molecule has 0 radical (unpaired) electrons. The number of carbonyl (C=O) groups is 2. The smallest absolute Gasteiger partial charge is 0.324 e. The normalized spacial score (nSPS) is 17.8. The van der Waals surface area contributed by atoms with E-state index in [1.54, 1.807) is 16.8 Å². The first-order chi connectivity index (χ1) is 10.0. The Morgan fingerprint density at radius 3 is 2.57 bits per heavy atom. The van der Waals surface area contributed by atoms with Crippen molar-refractivity contribution in [1.29, 1.82) is 0 Å². The zero-order chi connectivity index (χ0) is 15.4. The van der Waals surface area contributed by atoms with Crippen LogP contribution in [0.3, 0.4) is 0 Å². The topological polar surface area (TPSA) is 60.9 Å². The molecule has 0 saturated carbocycles. The molecule has 1 unspecified atom stereocenters. The molecule has 0 spiro atoms. The Morgan fingerprint density at radius 1 is 1.33 bits per heavy atom. The quantitative estimate of drug-likeness (QED) is 0.927. The third-order valence-electron chi connectivity index (χ3n) is 4.04. The summed E-state index contributed by atoms with van der Waals surface area (Å²) in [7, 11) is 1.76. The fraction of sp³-hybridized carbons (Fsp3) is 0.500. The van der Waals surface area contributed by atoms with E-state index >= 15 is 0 Å². The Labute approximate surface area is 125 Å². The summed E-state index contributed by atoms with van der Waals surface area (Å²) < 4.78 is 0. The Morgan fingerprint density at radius 2 is 2.00 bits per heavy atom. The maximum Gasteiger partial charge on any atom is 0.324 e. The predicted octanol–water partition coefficient (Wildman–Crippen LogP) is 2.60. The van der Waals surface area contributed by atoms with Crippen molar-refractivity contribution < 1.29 is 14.7 Å². The van der Waals surface area contributed by atoms with E-state index in [1.807, 2.05) is 24.3 Å². The second-order valence-corrected chi connectivity index (χ2v) is 5.56. The van der Waals surface area contributed by atoms with Crippen molar-refractivity contribution in [3.8, 4) is 0 Å². The molecule has 1 aliphatic rings. The molecule has 0 bridgehead atoms. The lowest BCUT2D eigenvalue weighted by Gasteiger charge is -2.25. The van der Waals surface area contributed by atoms with E-state index in [2.05, 4.69) is 6.92 Å². The summed E-state index contributed by atoms with van der Waals surface area (Å²) in [5.41, 5.74) is 2.10. The van der Waals surface area contributed by atoms with Crippen LogP contribution < -0.4 is 4.90 Å². The monoisotopic (exact) mass is 290 g/mol. The summed E-state index contributed by atoms with van der Waals surface area (Å²) in [6.07, 6.45) is 1.88. The predicted molar refractivity (Wildman–Crippen MR) is 81.6 cm³/mol. The van der Waals surface area contributed by atoms with Crippen molar-refractivity contribution in [2.45, 2.75) is 26.2 Å². The van der Waals surface area contributed by atoms with Gasteiger partial charge in [-0.25, -0.2) is 4.79 Å². The average molecular weight is 290 g/mol. The molecule has 1 N–H and O–H groups in total. The number of aliphatic carboxylic acids is 1. The molecular formula is C16H22N2O3. The highest BCUT2D eigenvalue weighted by Gasteiger charge is 2.29. The second-order valence-electron chi connectivity index (χ2n) is 5.56. The minimum atomic E-state index is -0.794. The fourth-order valence-electron chi connectivity index (χ4n) is 2.70. The number of anilines is 1. The maximum atomic E-state index is 12.4. The Bertz CT molecular complexity index is 513. The van der Waals surface area contributed by atoms with Crippen LogP contribution in [-0.2, 0) is 11.2 Å². The SMILES string of the molecule is CCc1ccc(N(C)C(=O)N2CCC(CC(=O)O)C2)cc1. The highest BCUT2D eigenvalue weighted by Crippen LogP contribution is 2.22. The molecule has 21 heavy (non-hydrogen) atoms. The lowest BCUT2D eigenvalue weighted by atomic mass is 10.1. The Balaban J connectivity index is 1.97. The van der Waals surface area contributed by atoms with Crippen molar-refractivity contribution >= 4 is 17.7 Å². The van der Waals surface area contributed by atoms with E-state index < -0.39 is 5.97 Å². The number of aryl methyl sites for hydroxylation is 1. The van der Waals surface area contributed by atoms with Crippen LogP contribution in [0.4, 0.5) is 10.5 Å². The van der Waals surface area contributed by atoms with E-state index in [1.165, 1.54) is 5.56 Å². The van der Waals surface area contributed by atoms with Gasteiger partial charge in [0.05, 0.1) is 0 Å². The number of rotatable bonds is 4. The molecular weight excluding hydrogens is 268 g/mol. The third-order valence-corrected chi connectivity index (χ3v) is 4.04. The van der Waals surface area contributed by atoms with Crippen molar-refractivity contribution in [3.05, 3.63) is 29.8 Å². The summed E-state index contributed by atoms with van der Waals surface area (Å²) in [5.74, 6) is -0.722. The third kappa shape index (κ3) is 3.74. The molecule has 114 valence electrons. The first-order valence-corrected chi connectivity index (χ1v) is 7.34. The van der Waals surface area contributed by atoms with Gasteiger partial charge >= 0.3 is 12.0 Å². The van der Waals surface area contributed by atoms with E-state index in [0.717, 1.165) is 18.5 Å². The first kappa shape index (κ1) is 15.4. The molecule has 1 aromatic carbocycles. The maximum absolute atomic E-state index is 12.4. The lowest BCUT2D eigenvalue weighted by molar-refractivity contribution is -0.138. The zero-order valence-corrected chi connectivity index (χ0v) is 12.6. The van der Waals surface area contributed by atoms with Gasteiger partial charge in [-0.15, -0.1) is 0 Å². The van der Waals surface area contributed by atoms with Gasteiger partial charge in [0, 0.05) is 32.2 Å². The molecule has 1 saturated heterocycles. The van der Waals surface area contributed by atoms with Gasteiger partial charge in [-0.3, -0.25) is 9.69 Å². The number of benzene rings is 1. The lowest BCUT2D eigenvalue weighted by Crippen LogP contribution is -2.40. The number of carbonyl (C=O) groups excluding carboxylic acids is 1. The van der Waals surface area contributed by atoms with E-state index in [9.17, 15) is 9.59 Å². The van der Waals surface area contributed by atoms with Gasteiger partial charge in [0.2, 0.25) is 0 Å².